The quantitative estimate of drug-likeness (QED) is 0.604. The lowest BCUT2D eigenvalue weighted by Gasteiger charge is -2.37. The zero-order valence-electron chi connectivity index (χ0n) is 19.3. The molecule has 174 valence electrons. The van der Waals surface area contributed by atoms with Gasteiger partial charge in [-0.05, 0) is 62.9 Å². The molecule has 1 aliphatic rings. The molecular weight excluding hydrogens is 421 g/mol. The number of hydrogen-bond acceptors (Lipinski definition) is 4. The Hall–Kier alpha value is -3.39. The Morgan fingerprint density at radius 2 is 1.82 bits per heavy atom. The van der Waals surface area contributed by atoms with Crippen molar-refractivity contribution in [1.82, 2.24) is 19.8 Å². The predicted molar refractivity (Wildman–Crippen MR) is 128 cm³/mol. The number of nitrogens with zero attached hydrogens (tertiary/aromatic N) is 3. The highest BCUT2D eigenvalue weighted by atomic mass is 19.1. The van der Waals surface area contributed by atoms with Gasteiger partial charge in [0.15, 0.2) is 0 Å². The number of hydrogen-bond donors (Lipinski definition) is 2. The van der Waals surface area contributed by atoms with Crippen LogP contribution in [0.15, 0.2) is 53.5 Å². The van der Waals surface area contributed by atoms with Gasteiger partial charge < -0.3 is 20.1 Å². The van der Waals surface area contributed by atoms with Gasteiger partial charge in [0.25, 0.3) is 5.91 Å². The van der Waals surface area contributed by atoms with Gasteiger partial charge in [0, 0.05) is 54.9 Å². The fourth-order valence-electron chi connectivity index (χ4n) is 4.36. The minimum absolute atomic E-state index is 0.225. The maximum Gasteiger partial charge on any atom is 0.330 e. The largest absolute Gasteiger partial charge is 0.369 e. The summed E-state index contributed by atoms with van der Waals surface area (Å²) in [6.45, 7) is 10.5. The number of halogens is 1. The number of carbonyl (C=O) groups excluding carboxylic acids is 1. The zero-order valence-corrected chi connectivity index (χ0v) is 19.3. The van der Waals surface area contributed by atoms with Crippen LogP contribution in [0.2, 0.25) is 0 Å². The highest BCUT2D eigenvalue weighted by molar-refractivity contribution is 5.94. The van der Waals surface area contributed by atoms with E-state index in [1.807, 2.05) is 13.8 Å². The van der Waals surface area contributed by atoms with Crippen LogP contribution in [-0.2, 0) is 0 Å². The van der Waals surface area contributed by atoms with Crippen molar-refractivity contribution < 1.29 is 9.18 Å². The number of amides is 1. The summed E-state index contributed by atoms with van der Waals surface area (Å²) in [5.41, 5.74) is 3.43. The van der Waals surface area contributed by atoms with Crippen LogP contribution in [0, 0.1) is 12.7 Å². The van der Waals surface area contributed by atoms with Crippen LogP contribution in [0.4, 0.5) is 10.1 Å². The van der Waals surface area contributed by atoms with Crippen molar-refractivity contribution in [1.29, 1.82) is 0 Å². The van der Waals surface area contributed by atoms with Crippen molar-refractivity contribution in [3.8, 4) is 5.69 Å². The number of imidazole rings is 1. The Morgan fingerprint density at radius 1 is 1.12 bits per heavy atom. The molecule has 2 aromatic carbocycles. The summed E-state index contributed by atoms with van der Waals surface area (Å²) in [4.78, 5) is 32.2. The maximum absolute atomic E-state index is 14.1. The lowest BCUT2D eigenvalue weighted by Crippen LogP contribution is -2.46. The molecule has 1 aromatic heterocycles. The van der Waals surface area contributed by atoms with E-state index < -0.39 is 0 Å². The van der Waals surface area contributed by atoms with Crippen LogP contribution in [-0.4, -0.2) is 53.1 Å². The molecule has 7 nitrogen and oxygen atoms in total. The van der Waals surface area contributed by atoms with Crippen molar-refractivity contribution >= 4 is 11.6 Å². The van der Waals surface area contributed by atoms with Gasteiger partial charge in [-0.15, -0.1) is 0 Å². The fourth-order valence-corrected chi connectivity index (χ4v) is 4.36. The van der Waals surface area contributed by atoms with E-state index in [9.17, 15) is 14.0 Å². The number of nitrogens with one attached hydrogen (secondary N) is 2. The average molecular weight is 452 g/mol. The fraction of sp³-hybridized carbons (Fsp3) is 0.360. The molecule has 0 bridgehead atoms. The number of aromatic nitrogens is 2. The van der Waals surface area contributed by atoms with Crippen LogP contribution in [0.3, 0.4) is 0 Å². The van der Waals surface area contributed by atoms with Crippen LogP contribution in [0.1, 0.15) is 41.5 Å². The minimum atomic E-state index is -0.374. The Kier molecular flexibility index (Phi) is 6.65. The first kappa shape index (κ1) is 22.8. The number of likely N-dealkylation sites (N-methyl/N-ethyl adjacent to an activating group) is 1. The summed E-state index contributed by atoms with van der Waals surface area (Å²) in [5, 5.41) is 3.00. The van der Waals surface area contributed by atoms with Crippen molar-refractivity contribution in [2.45, 2.75) is 26.8 Å². The van der Waals surface area contributed by atoms with Gasteiger partial charge in [-0.1, -0.05) is 6.92 Å². The molecule has 0 aliphatic carbocycles. The van der Waals surface area contributed by atoms with E-state index in [1.54, 1.807) is 41.1 Å². The Labute approximate surface area is 192 Å². The number of piperazine rings is 1. The number of H-pyrrole nitrogens is 1. The second-order valence-electron chi connectivity index (χ2n) is 8.44. The summed E-state index contributed by atoms with van der Waals surface area (Å²) in [6, 6.07) is 11.3. The van der Waals surface area contributed by atoms with Crippen LogP contribution >= 0.6 is 0 Å². The molecule has 1 fully saturated rings. The van der Waals surface area contributed by atoms with E-state index in [0.717, 1.165) is 49.7 Å². The third-order valence-corrected chi connectivity index (χ3v) is 6.31. The summed E-state index contributed by atoms with van der Waals surface area (Å²) in [6.07, 6.45) is 1.64. The van der Waals surface area contributed by atoms with Gasteiger partial charge in [0.1, 0.15) is 5.82 Å². The lowest BCUT2D eigenvalue weighted by atomic mass is 10.0. The molecule has 3 aromatic rings. The predicted octanol–water partition coefficient (Wildman–Crippen LogP) is 3.25. The summed E-state index contributed by atoms with van der Waals surface area (Å²) < 4.78 is 15.7. The Bertz CT molecular complexity index is 1180. The Balaban J connectivity index is 1.50. The average Bonchev–Trinajstić information content (AvgIpc) is 3.17. The summed E-state index contributed by atoms with van der Waals surface area (Å²) in [5.74, 6) is -0.572. The first-order valence-electron chi connectivity index (χ1n) is 11.3. The first-order chi connectivity index (χ1) is 15.9. The maximum atomic E-state index is 14.1. The molecule has 0 radical (unpaired) electrons. The molecule has 1 aliphatic heterocycles. The van der Waals surface area contributed by atoms with Gasteiger partial charge in [0.05, 0.1) is 11.7 Å². The highest BCUT2D eigenvalue weighted by Gasteiger charge is 2.22. The monoisotopic (exact) mass is 451 g/mol. The van der Waals surface area contributed by atoms with Crippen molar-refractivity contribution in [3.63, 3.8) is 0 Å². The molecule has 1 amide bonds. The topological polar surface area (TPSA) is 73.4 Å². The number of benzene rings is 2. The number of aromatic amines is 1. The molecule has 1 atom stereocenters. The number of aryl methyl sites for hydroxylation is 1. The van der Waals surface area contributed by atoms with E-state index in [4.69, 9.17) is 0 Å². The van der Waals surface area contributed by atoms with E-state index in [0.29, 0.717) is 11.3 Å². The van der Waals surface area contributed by atoms with Gasteiger partial charge in [-0.3, -0.25) is 9.36 Å². The van der Waals surface area contributed by atoms with Crippen LogP contribution < -0.4 is 15.9 Å². The third-order valence-electron chi connectivity index (χ3n) is 6.31. The Morgan fingerprint density at radius 3 is 2.42 bits per heavy atom. The van der Waals surface area contributed by atoms with E-state index >= 15 is 0 Å². The lowest BCUT2D eigenvalue weighted by molar-refractivity contribution is 0.0940. The second kappa shape index (κ2) is 9.62. The molecule has 2 N–H and O–H groups in total. The van der Waals surface area contributed by atoms with Crippen molar-refractivity contribution in [2.24, 2.45) is 0 Å². The van der Waals surface area contributed by atoms with Gasteiger partial charge >= 0.3 is 5.69 Å². The SMILES string of the molecule is CCN1CCN(c2ccc(F)cc2C(C)NC(=O)c2ccc(-n3c(C)c[nH]c3=O)cc2)CC1. The molecule has 1 saturated heterocycles. The molecule has 0 saturated carbocycles. The van der Waals surface area contributed by atoms with Crippen LogP contribution in [0.25, 0.3) is 5.69 Å². The molecule has 8 heteroatoms. The third kappa shape index (κ3) is 4.85. The summed E-state index contributed by atoms with van der Waals surface area (Å²) in [7, 11) is 0. The van der Waals surface area contributed by atoms with E-state index in [-0.39, 0.29) is 23.5 Å². The molecule has 1 unspecified atom stereocenters. The molecular formula is C25H30FN5O2. The summed E-state index contributed by atoms with van der Waals surface area (Å²) >= 11 is 0. The van der Waals surface area contributed by atoms with E-state index in [2.05, 4.69) is 27.0 Å². The molecule has 0 spiro atoms. The zero-order chi connectivity index (χ0) is 23.5. The standard InChI is InChI=1S/C25H30FN5O2/c1-4-29-11-13-30(14-12-29)23-10-7-20(26)15-22(23)18(3)28-24(32)19-5-8-21(9-6-19)31-17(2)16-27-25(31)33/h5-10,15-16,18H,4,11-14H2,1-3H3,(H,27,33)(H,28,32). The van der Waals surface area contributed by atoms with Crippen molar-refractivity contribution in [3.05, 3.63) is 81.8 Å². The molecule has 4 rings (SSSR count). The van der Waals surface area contributed by atoms with Gasteiger partial charge in [0.2, 0.25) is 0 Å². The first-order valence-corrected chi connectivity index (χ1v) is 11.3. The number of anilines is 1. The van der Waals surface area contributed by atoms with Gasteiger partial charge in [-0.25, -0.2) is 9.18 Å². The minimum Gasteiger partial charge on any atom is -0.369 e. The number of carbonyl (C=O) groups is 1. The highest BCUT2D eigenvalue weighted by Crippen LogP contribution is 2.28. The van der Waals surface area contributed by atoms with Gasteiger partial charge in [-0.2, -0.15) is 0 Å². The smallest absolute Gasteiger partial charge is 0.330 e. The second-order valence-corrected chi connectivity index (χ2v) is 8.44. The van der Waals surface area contributed by atoms with Crippen LogP contribution in [0.5, 0.6) is 0 Å². The van der Waals surface area contributed by atoms with E-state index in [1.165, 1.54) is 12.1 Å². The molecule has 2 heterocycles. The van der Waals surface area contributed by atoms with Crippen molar-refractivity contribution in [2.75, 3.05) is 37.6 Å². The number of rotatable bonds is 6. The molecule has 33 heavy (non-hydrogen) atoms. The normalized spacial score (nSPS) is 15.5.